The Bertz CT molecular complexity index is 440. The van der Waals surface area contributed by atoms with Crippen LogP contribution in [0.5, 0.6) is 0 Å². The number of carbonyl (C=O) groups excluding carboxylic acids is 1. The summed E-state index contributed by atoms with van der Waals surface area (Å²) in [6, 6.07) is 7.69. The maximum absolute atomic E-state index is 11.5. The predicted molar refractivity (Wildman–Crippen MR) is 80.9 cm³/mol. The first-order valence-corrected chi connectivity index (χ1v) is 7.76. The molecular weight excluding hydrogens is 304 g/mol. The molecule has 1 aromatic rings. The summed E-state index contributed by atoms with van der Waals surface area (Å²) in [5, 5.41) is 3.03. The smallest absolute Gasteiger partial charge is 0.312 e. The van der Waals surface area contributed by atoms with Crippen molar-refractivity contribution >= 4 is 22.0 Å². The third kappa shape index (κ3) is 3.50. The first-order valence-electron chi connectivity index (χ1n) is 6.97. The molecule has 0 aliphatic heterocycles. The molecule has 0 atom stereocenters. The van der Waals surface area contributed by atoms with Crippen molar-refractivity contribution in [2.75, 3.05) is 0 Å². The number of halogens is 1. The fourth-order valence-corrected chi connectivity index (χ4v) is 3.72. The van der Waals surface area contributed by atoms with Gasteiger partial charge < -0.3 is 11.1 Å². The molecule has 3 N–H and O–H groups in total. The highest BCUT2D eigenvalue weighted by Gasteiger charge is 2.34. The molecule has 19 heavy (non-hydrogen) atoms. The van der Waals surface area contributed by atoms with E-state index in [0.29, 0.717) is 0 Å². The number of rotatable bonds is 2. The molecule has 0 unspecified atom stereocenters. The Kier molecular flexibility index (Phi) is 4.86. The average molecular weight is 325 g/mol. The number of nitrogens with two attached hydrogens (primary N) is 1. The minimum atomic E-state index is -0.434. The zero-order valence-corrected chi connectivity index (χ0v) is 12.7. The van der Waals surface area contributed by atoms with Crippen LogP contribution in [0, 0.1) is 0 Å². The lowest BCUT2D eigenvalue weighted by molar-refractivity contribution is 0.216. The molecule has 0 aromatic heterocycles. The van der Waals surface area contributed by atoms with Crippen molar-refractivity contribution in [1.29, 1.82) is 0 Å². The van der Waals surface area contributed by atoms with Gasteiger partial charge in [0.1, 0.15) is 0 Å². The number of nitrogens with one attached hydrogen (secondary N) is 1. The number of primary amides is 1. The fraction of sp³-hybridized carbons (Fsp3) is 0.533. The van der Waals surface area contributed by atoms with Crippen molar-refractivity contribution in [2.45, 2.75) is 50.5 Å². The Morgan fingerprint density at radius 3 is 2.26 bits per heavy atom. The molecule has 1 aliphatic rings. The van der Waals surface area contributed by atoms with Crippen LogP contribution in [-0.2, 0) is 5.54 Å². The first kappa shape index (κ1) is 14.4. The number of carbonyl (C=O) groups is 1. The molecule has 2 rings (SSSR count). The van der Waals surface area contributed by atoms with Crippen LogP contribution in [0.2, 0.25) is 0 Å². The summed E-state index contributed by atoms with van der Waals surface area (Å²) in [6.07, 6.45) is 7.92. The normalized spacial score (nSPS) is 19.2. The summed E-state index contributed by atoms with van der Waals surface area (Å²) in [5.41, 5.74) is 6.26. The van der Waals surface area contributed by atoms with E-state index in [2.05, 4.69) is 27.3 Å². The van der Waals surface area contributed by atoms with Gasteiger partial charge >= 0.3 is 6.03 Å². The Morgan fingerprint density at radius 2 is 1.68 bits per heavy atom. The zero-order valence-electron chi connectivity index (χ0n) is 11.1. The molecule has 0 bridgehead atoms. The molecule has 1 aliphatic carbocycles. The largest absolute Gasteiger partial charge is 0.352 e. The lowest BCUT2D eigenvalue weighted by Crippen LogP contribution is -2.48. The molecule has 1 aromatic carbocycles. The summed E-state index contributed by atoms with van der Waals surface area (Å²) in [5.74, 6) is 0. The summed E-state index contributed by atoms with van der Waals surface area (Å²) >= 11 is 3.61. The molecule has 1 saturated carbocycles. The number of benzene rings is 1. The topological polar surface area (TPSA) is 55.1 Å². The first-order chi connectivity index (χ1) is 9.14. The lowest BCUT2D eigenvalue weighted by Gasteiger charge is -2.37. The number of amides is 2. The molecule has 1 fully saturated rings. The second kappa shape index (κ2) is 6.42. The highest BCUT2D eigenvalue weighted by molar-refractivity contribution is 9.10. The third-order valence-electron chi connectivity index (χ3n) is 3.96. The van der Waals surface area contributed by atoms with Gasteiger partial charge in [0.15, 0.2) is 0 Å². The molecule has 104 valence electrons. The molecule has 2 amide bonds. The minimum Gasteiger partial charge on any atom is -0.352 e. The zero-order chi connectivity index (χ0) is 13.7. The van der Waals surface area contributed by atoms with E-state index in [1.807, 2.05) is 18.2 Å². The summed E-state index contributed by atoms with van der Waals surface area (Å²) in [7, 11) is 0. The van der Waals surface area contributed by atoms with Gasteiger partial charge in [-0.15, -0.1) is 0 Å². The molecule has 0 radical (unpaired) electrons. The van der Waals surface area contributed by atoms with Crippen molar-refractivity contribution in [2.24, 2.45) is 5.73 Å². The number of hydrogen-bond acceptors (Lipinski definition) is 1. The second-order valence-corrected chi connectivity index (χ2v) is 6.17. The molecular formula is C15H21BrN2O. The van der Waals surface area contributed by atoms with E-state index in [1.165, 1.54) is 19.3 Å². The van der Waals surface area contributed by atoms with Crippen molar-refractivity contribution < 1.29 is 4.79 Å². The molecule has 3 nitrogen and oxygen atoms in total. The number of urea groups is 1. The van der Waals surface area contributed by atoms with E-state index in [9.17, 15) is 4.79 Å². The quantitative estimate of drug-likeness (QED) is 0.846. The fourth-order valence-electron chi connectivity index (χ4n) is 3.06. The third-order valence-corrected chi connectivity index (χ3v) is 4.65. The van der Waals surface area contributed by atoms with Crippen molar-refractivity contribution in [1.82, 2.24) is 5.32 Å². The Morgan fingerprint density at radius 1 is 1.11 bits per heavy atom. The predicted octanol–water partition coefficient (Wildman–Crippen LogP) is 4.06. The molecule has 4 heteroatoms. The van der Waals surface area contributed by atoms with Gasteiger partial charge in [-0.2, -0.15) is 0 Å². The Hall–Kier alpha value is -1.03. The molecule has 0 spiro atoms. The van der Waals surface area contributed by atoms with Gasteiger partial charge in [-0.05, 0) is 24.5 Å². The molecule has 0 saturated heterocycles. The maximum Gasteiger partial charge on any atom is 0.312 e. The van der Waals surface area contributed by atoms with Crippen LogP contribution in [0.15, 0.2) is 28.7 Å². The Balaban J connectivity index is 2.37. The van der Waals surface area contributed by atoms with Crippen molar-refractivity contribution in [3.8, 4) is 0 Å². The molecule has 0 heterocycles. The van der Waals surface area contributed by atoms with Gasteiger partial charge in [-0.3, -0.25) is 0 Å². The Labute approximate surface area is 123 Å². The van der Waals surface area contributed by atoms with E-state index in [4.69, 9.17) is 5.73 Å². The van der Waals surface area contributed by atoms with E-state index in [1.54, 1.807) is 0 Å². The lowest BCUT2D eigenvalue weighted by atomic mass is 9.78. The second-order valence-electron chi connectivity index (χ2n) is 5.32. The number of hydrogen-bond donors (Lipinski definition) is 2. The highest BCUT2D eigenvalue weighted by atomic mass is 79.9. The van der Waals surface area contributed by atoms with Gasteiger partial charge in [0.25, 0.3) is 0 Å². The van der Waals surface area contributed by atoms with Gasteiger partial charge in [0.05, 0.1) is 5.54 Å². The van der Waals surface area contributed by atoms with Gasteiger partial charge in [0.2, 0.25) is 0 Å². The average Bonchev–Trinajstić information content (AvgIpc) is 2.33. The van der Waals surface area contributed by atoms with Crippen LogP contribution in [0.1, 0.15) is 50.5 Å². The van der Waals surface area contributed by atoms with Crippen LogP contribution >= 0.6 is 15.9 Å². The van der Waals surface area contributed by atoms with Crippen LogP contribution < -0.4 is 11.1 Å². The monoisotopic (exact) mass is 324 g/mol. The maximum atomic E-state index is 11.5. The summed E-state index contributed by atoms with van der Waals surface area (Å²) in [6.45, 7) is 0. The van der Waals surface area contributed by atoms with E-state index < -0.39 is 6.03 Å². The van der Waals surface area contributed by atoms with Crippen molar-refractivity contribution in [3.63, 3.8) is 0 Å². The van der Waals surface area contributed by atoms with Crippen LogP contribution in [-0.4, -0.2) is 6.03 Å². The SMILES string of the molecule is NC(=O)NC1(c2ccccc2Br)CCCCCCC1. The standard InChI is InChI=1S/C15H21BrN2O/c16-13-9-5-4-8-12(13)15(18-14(17)19)10-6-2-1-3-7-11-15/h4-5,8-9H,1-3,6-7,10-11H2,(H3,17,18,19). The van der Waals surface area contributed by atoms with Crippen LogP contribution in [0.3, 0.4) is 0 Å². The van der Waals surface area contributed by atoms with Gasteiger partial charge in [-0.25, -0.2) is 4.79 Å². The highest BCUT2D eigenvalue weighted by Crippen LogP contribution is 2.38. The minimum absolute atomic E-state index is 0.313. The van der Waals surface area contributed by atoms with Crippen LogP contribution in [0.4, 0.5) is 4.79 Å². The van der Waals surface area contributed by atoms with Gasteiger partial charge in [-0.1, -0.05) is 66.2 Å². The summed E-state index contributed by atoms with van der Waals surface area (Å²) < 4.78 is 1.05. The van der Waals surface area contributed by atoms with Crippen LogP contribution in [0.25, 0.3) is 0 Å². The van der Waals surface area contributed by atoms with E-state index >= 15 is 0 Å². The van der Waals surface area contributed by atoms with E-state index in [0.717, 1.165) is 35.7 Å². The van der Waals surface area contributed by atoms with Crippen molar-refractivity contribution in [3.05, 3.63) is 34.3 Å². The van der Waals surface area contributed by atoms with E-state index in [-0.39, 0.29) is 5.54 Å². The van der Waals surface area contributed by atoms with Gasteiger partial charge in [0, 0.05) is 4.47 Å². The summed E-state index contributed by atoms with van der Waals surface area (Å²) in [4.78, 5) is 11.5.